The molecule has 0 aliphatic carbocycles. The van der Waals surface area contributed by atoms with Crippen LogP contribution in [-0.4, -0.2) is 43.2 Å². The molecule has 0 spiro atoms. The molecule has 0 radical (unpaired) electrons. The van der Waals surface area contributed by atoms with Crippen LogP contribution in [-0.2, 0) is 0 Å². The molecule has 2 amide bonds. The van der Waals surface area contributed by atoms with E-state index < -0.39 is 0 Å². The summed E-state index contributed by atoms with van der Waals surface area (Å²) in [5.74, 6) is 0. The second-order valence-electron chi connectivity index (χ2n) is 3.78. The molecule has 2 rings (SSSR count). The highest BCUT2D eigenvalue weighted by atomic mass is 35.5. The second kappa shape index (κ2) is 5.41. The highest BCUT2D eigenvalue weighted by molar-refractivity contribution is 5.85. The van der Waals surface area contributed by atoms with Crippen LogP contribution in [0, 0.1) is 0 Å². The van der Waals surface area contributed by atoms with Crippen molar-refractivity contribution in [3.8, 4) is 0 Å². The van der Waals surface area contributed by atoms with Crippen molar-refractivity contribution >= 4 is 18.4 Å². The molecule has 2 aliphatic heterocycles. The van der Waals surface area contributed by atoms with Gasteiger partial charge in [0.15, 0.2) is 0 Å². The number of piperidine rings is 1. The molecule has 0 bridgehead atoms. The Morgan fingerprint density at radius 2 is 2.14 bits per heavy atom. The topological polar surface area (TPSA) is 44.4 Å². The van der Waals surface area contributed by atoms with Crippen LogP contribution in [0.5, 0.6) is 0 Å². The predicted molar refractivity (Wildman–Crippen MR) is 57.9 cm³/mol. The number of hydrogen-bond donors (Lipinski definition) is 2. The van der Waals surface area contributed by atoms with Crippen LogP contribution in [0.25, 0.3) is 0 Å². The average Bonchev–Trinajstić information content (AvgIpc) is 2.20. The Morgan fingerprint density at radius 1 is 1.29 bits per heavy atom. The van der Waals surface area contributed by atoms with Gasteiger partial charge >= 0.3 is 6.03 Å². The number of nitrogens with zero attached hydrogens (tertiary/aromatic N) is 1. The van der Waals surface area contributed by atoms with Crippen molar-refractivity contribution in [2.75, 3.05) is 26.2 Å². The standard InChI is InChI=1S/C9H17N3O.ClH/c13-9-11-5-2-6-12(9)8-3-1-4-10-7-8;/h8,10H,1-7H2,(H,11,13);1H. The third-order valence-electron chi connectivity index (χ3n) is 2.82. The number of carbonyl (C=O) groups is 1. The lowest BCUT2D eigenvalue weighted by Crippen LogP contribution is -2.55. The molecule has 5 heteroatoms. The zero-order valence-electron chi connectivity index (χ0n) is 8.29. The molecule has 0 aromatic heterocycles. The Hall–Kier alpha value is -0.480. The monoisotopic (exact) mass is 219 g/mol. The van der Waals surface area contributed by atoms with E-state index in [-0.39, 0.29) is 18.4 Å². The fourth-order valence-electron chi connectivity index (χ4n) is 2.10. The van der Waals surface area contributed by atoms with Gasteiger partial charge in [-0.2, -0.15) is 0 Å². The van der Waals surface area contributed by atoms with E-state index in [1.54, 1.807) is 0 Å². The van der Waals surface area contributed by atoms with Gasteiger partial charge < -0.3 is 15.5 Å². The highest BCUT2D eigenvalue weighted by Gasteiger charge is 2.26. The largest absolute Gasteiger partial charge is 0.338 e. The predicted octanol–water partition coefficient (Wildman–Crippen LogP) is 0.575. The molecule has 2 heterocycles. The van der Waals surface area contributed by atoms with E-state index in [2.05, 4.69) is 10.6 Å². The Kier molecular flexibility index (Phi) is 4.48. The van der Waals surface area contributed by atoms with Crippen LogP contribution in [0.1, 0.15) is 19.3 Å². The van der Waals surface area contributed by atoms with Gasteiger partial charge in [-0.3, -0.25) is 0 Å². The Bertz CT molecular complexity index is 194. The summed E-state index contributed by atoms with van der Waals surface area (Å²) in [4.78, 5) is 13.5. The molecule has 2 aliphatic rings. The van der Waals surface area contributed by atoms with E-state index in [1.165, 1.54) is 6.42 Å². The lowest BCUT2D eigenvalue weighted by atomic mass is 10.1. The molecule has 2 N–H and O–H groups in total. The molecule has 4 nitrogen and oxygen atoms in total. The minimum Gasteiger partial charge on any atom is -0.338 e. The van der Waals surface area contributed by atoms with Crippen LogP contribution in [0.4, 0.5) is 4.79 Å². The molecular formula is C9H18ClN3O. The number of nitrogens with one attached hydrogen (secondary N) is 2. The molecule has 2 saturated heterocycles. The summed E-state index contributed by atoms with van der Waals surface area (Å²) in [6.07, 6.45) is 3.43. The van der Waals surface area contributed by atoms with E-state index in [1.807, 2.05) is 4.90 Å². The first-order valence-corrected chi connectivity index (χ1v) is 5.13. The zero-order chi connectivity index (χ0) is 9.10. The second-order valence-corrected chi connectivity index (χ2v) is 3.78. The summed E-state index contributed by atoms with van der Waals surface area (Å²) in [6, 6.07) is 0.550. The van der Waals surface area contributed by atoms with Crippen molar-refractivity contribution in [3.63, 3.8) is 0 Å². The number of halogens is 1. The molecule has 1 unspecified atom stereocenters. The molecular weight excluding hydrogens is 202 g/mol. The van der Waals surface area contributed by atoms with Gasteiger partial charge in [0.1, 0.15) is 0 Å². The van der Waals surface area contributed by atoms with Gasteiger partial charge in [0.05, 0.1) is 0 Å². The highest BCUT2D eigenvalue weighted by Crippen LogP contribution is 2.12. The lowest BCUT2D eigenvalue weighted by molar-refractivity contribution is 0.148. The van der Waals surface area contributed by atoms with Crippen LogP contribution >= 0.6 is 12.4 Å². The molecule has 82 valence electrons. The first-order valence-electron chi connectivity index (χ1n) is 5.13. The van der Waals surface area contributed by atoms with Gasteiger partial charge in [0, 0.05) is 25.7 Å². The van der Waals surface area contributed by atoms with Crippen molar-refractivity contribution in [2.24, 2.45) is 0 Å². The molecule has 1 atom stereocenters. The first kappa shape index (κ1) is 11.6. The fraction of sp³-hybridized carbons (Fsp3) is 0.889. The summed E-state index contributed by atoms with van der Waals surface area (Å²) in [5.41, 5.74) is 0. The van der Waals surface area contributed by atoms with E-state index >= 15 is 0 Å². The summed E-state index contributed by atoms with van der Waals surface area (Å²) in [5, 5.41) is 6.22. The van der Waals surface area contributed by atoms with Crippen LogP contribution in [0.3, 0.4) is 0 Å². The number of rotatable bonds is 1. The maximum absolute atomic E-state index is 11.5. The van der Waals surface area contributed by atoms with Gasteiger partial charge in [-0.1, -0.05) is 0 Å². The maximum atomic E-state index is 11.5. The molecule has 14 heavy (non-hydrogen) atoms. The normalized spacial score (nSPS) is 27.9. The first-order chi connectivity index (χ1) is 6.38. The molecule has 0 aromatic rings. The molecule has 2 fully saturated rings. The van der Waals surface area contributed by atoms with Crippen LogP contribution in [0.15, 0.2) is 0 Å². The van der Waals surface area contributed by atoms with Gasteiger partial charge in [0.2, 0.25) is 0 Å². The van der Waals surface area contributed by atoms with E-state index in [0.29, 0.717) is 6.04 Å². The van der Waals surface area contributed by atoms with Crippen molar-refractivity contribution in [3.05, 3.63) is 0 Å². The molecule has 0 saturated carbocycles. The number of amides is 2. The minimum absolute atomic E-state index is 0. The minimum atomic E-state index is 0. The van der Waals surface area contributed by atoms with E-state index in [9.17, 15) is 4.79 Å². The summed E-state index contributed by atoms with van der Waals surface area (Å²) in [7, 11) is 0. The fourth-order valence-corrected chi connectivity index (χ4v) is 2.10. The summed E-state index contributed by atoms with van der Waals surface area (Å²) < 4.78 is 0. The van der Waals surface area contributed by atoms with Crippen molar-refractivity contribution in [2.45, 2.75) is 25.3 Å². The summed E-state index contributed by atoms with van der Waals surface area (Å²) in [6.45, 7) is 3.84. The Balaban J connectivity index is 0.000000980. The van der Waals surface area contributed by atoms with Crippen LogP contribution in [0.2, 0.25) is 0 Å². The smallest absolute Gasteiger partial charge is 0.317 e. The van der Waals surface area contributed by atoms with Gasteiger partial charge in [0.25, 0.3) is 0 Å². The van der Waals surface area contributed by atoms with Crippen LogP contribution < -0.4 is 10.6 Å². The number of urea groups is 1. The van der Waals surface area contributed by atoms with Crippen molar-refractivity contribution in [1.82, 2.24) is 15.5 Å². The summed E-state index contributed by atoms with van der Waals surface area (Å²) >= 11 is 0. The van der Waals surface area contributed by atoms with Gasteiger partial charge in [-0.05, 0) is 25.8 Å². The number of hydrogen-bond acceptors (Lipinski definition) is 2. The third-order valence-corrected chi connectivity index (χ3v) is 2.82. The SMILES string of the molecule is Cl.O=C1NCCCN1C1CCCNC1. The zero-order valence-corrected chi connectivity index (χ0v) is 9.11. The Labute approximate surface area is 90.8 Å². The van der Waals surface area contributed by atoms with Gasteiger partial charge in [-0.15, -0.1) is 12.4 Å². The van der Waals surface area contributed by atoms with Gasteiger partial charge in [-0.25, -0.2) is 4.79 Å². The average molecular weight is 220 g/mol. The number of carbonyl (C=O) groups excluding carboxylic acids is 1. The Morgan fingerprint density at radius 3 is 2.79 bits per heavy atom. The van der Waals surface area contributed by atoms with Crippen molar-refractivity contribution in [1.29, 1.82) is 0 Å². The van der Waals surface area contributed by atoms with E-state index in [0.717, 1.165) is 39.0 Å². The van der Waals surface area contributed by atoms with E-state index in [4.69, 9.17) is 0 Å². The van der Waals surface area contributed by atoms with Crippen molar-refractivity contribution < 1.29 is 4.79 Å². The molecule has 0 aromatic carbocycles. The lowest BCUT2D eigenvalue weighted by Gasteiger charge is -2.37. The quantitative estimate of drug-likeness (QED) is 0.678. The third kappa shape index (κ3) is 2.51. The maximum Gasteiger partial charge on any atom is 0.317 e.